The van der Waals surface area contributed by atoms with Crippen LogP contribution in [0.25, 0.3) is 11.4 Å². The van der Waals surface area contributed by atoms with E-state index in [1.807, 2.05) is 0 Å². The Morgan fingerprint density at radius 3 is 2.60 bits per heavy atom. The lowest BCUT2D eigenvalue weighted by molar-refractivity contribution is -0.137. The summed E-state index contributed by atoms with van der Waals surface area (Å²) in [5, 5.41) is 13.5. The first-order valence-electron chi connectivity index (χ1n) is 10.3. The van der Waals surface area contributed by atoms with Crippen LogP contribution >= 0.6 is 11.3 Å². The van der Waals surface area contributed by atoms with Gasteiger partial charge < -0.3 is 15.0 Å². The van der Waals surface area contributed by atoms with Crippen LogP contribution in [0.1, 0.15) is 38.7 Å². The average Bonchev–Trinajstić information content (AvgIpc) is 3.53. The van der Waals surface area contributed by atoms with Crippen LogP contribution < -0.4 is 5.32 Å². The maximum atomic E-state index is 13.1. The zero-order chi connectivity index (χ0) is 25.0. The van der Waals surface area contributed by atoms with Gasteiger partial charge in [0.05, 0.1) is 28.7 Å². The number of thiazole rings is 1. The lowest BCUT2D eigenvalue weighted by Crippen LogP contribution is -2.13. The molecule has 8 nitrogen and oxygen atoms in total. The molecule has 4 aromatic rings. The average molecular weight is 501 g/mol. The number of carbonyl (C=O) groups excluding carboxylic acids is 2. The van der Waals surface area contributed by atoms with Gasteiger partial charge in [0, 0.05) is 30.3 Å². The van der Waals surface area contributed by atoms with Crippen molar-refractivity contribution < 1.29 is 27.9 Å². The molecule has 0 saturated heterocycles. The van der Waals surface area contributed by atoms with Gasteiger partial charge >= 0.3 is 6.18 Å². The van der Waals surface area contributed by atoms with Gasteiger partial charge in [-0.25, -0.2) is 9.97 Å². The zero-order valence-electron chi connectivity index (χ0n) is 18.0. The number of hydrogen-bond acceptors (Lipinski definition) is 7. The molecule has 0 unspecified atom stereocenters. The molecular weight excluding hydrogens is 483 g/mol. The van der Waals surface area contributed by atoms with Gasteiger partial charge in [-0.2, -0.15) is 13.2 Å². The number of aryl methyl sites for hydroxylation is 1. The van der Waals surface area contributed by atoms with Crippen molar-refractivity contribution >= 4 is 28.7 Å². The number of hydrogen-bond donors (Lipinski definition) is 2. The first kappa shape index (κ1) is 24.2. The van der Waals surface area contributed by atoms with E-state index in [1.54, 1.807) is 29.2 Å². The number of aliphatic hydroxyl groups is 1. The molecule has 180 valence electrons. The molecule has 0 bridgehead atoms. The Morgan fingerprint density at radius 1 is 1.11 bits per heavy atom. The largest absolute Gasteiger partial charge is 0.416 e. The second kappa shape index (κ2) is 10.2. The van der Waals surface area contributed by atoms with E-state index in [4.69, 9.17) is 0 Å². The van der Waals surface area contributed by atoms with Gasteiger partial charge in [-0.15, -0.1) is 11.3 Å². The summed E-state index contributed by atoms with van der Waals surface area (Å²) in [6.07, 6.45) is -1.31. The summed E-state index contributed by atoms with van der Waals surface area (Å²) in [6.45, 7) is 0.0850. The first-order valence-corrected chi connectivity index (χ1v) is 11.3. The first-order chi connectivity index (χ1) is 16.8. The number of rotatable bonds is 8. The van der Waals surface area contributed by atoms with Gasteiger partial charge in [0.15, 0.2) is 5.82 Å². The fourth-order valence-electron chi connectivity index (χ4n) is 3.24. The second-order valence-electron chi connectivity index (χ2n) is 7.39. The third kappa shape index (κ3) is 5.61. The van der Waals surface area contributed by atoms with Crippen LogP contribution in [0.4, 0.5) is 18.9 Å². The number of amides is 1. The molecule has 2 N–H and O–H groups in total. The van der Waals surface area contributed by atoms with Gasteiger partial charge in [0.25, 0.3) is 5.91 Å². The van der Waals surface area contributed by atoms with Crippen LogP contribution in [0.15, 0.2) is 59.7 Å². The molecule has 0 atom stereocenters. The number of carbonyl (C=O) groups is 2. The third-order valence-electron chi connectivity index (χ3n) is 4.94. The molecule has 3 aromatic heterocycles. The van der Waals surface area contributed by atoms with E-state index >= 15 is 0 Å². The number of benzene rings is 1. The number of halogens is 3. The number of aromatic nitrogens is 4. The smallest absolute Gasteiger partial charge is 0.396 e. The van der Waals surface area contributed by atoms with Gasteiger partial charge in [-0.3, -0.25) is 14.6 Å². The predicted octanol–water partition coefficient (Wildman–Crippen LogP) is 4.29. The van der Waals surface area contributed by atoms with Gasteiger partial charge in [0.2, 0.25) is 5.78 Å². The maximum absolute atomic E-state index is 13.1. The molecule has 1 aromatic carbocycles. The van der Waals surface area contributed by atoms with E-state index in [2.05, 4.69) is 20.3 Å². The topological polar surface area (TPSA) is 110 Å². The molecule has 1 amide bonds. The van der Waals surface area contributed by atoms with Crippen LogP contribution in [0.5, 0.6) is 0 Å². The van der Waals surface area contributed by atoms with Crippen molar-refractivity contribution in [3.8, 4) is 11.4 Å². The lowest BCUT2D eigenvalue weighted by Gasteiger charge is -2.09. The van der Waals surface area contributed by atoms with E-state index in [-0.39, 0.29) is 36.1 Å². The molecule has 0 aliphatic carbocycles. The fourth-order valence-corrected chi connectivity index (χ4v) is 3.77. The van der Waals surface area contributed by atoms with Crippen molar-refractivity contribution in [2.45, 2.75) is 19.1 Å². The van der Waals surface area contributed by atoms with Crippen molar-refractivity contribution in [3.05, 3.63) is 82.3 Å². The second-order valence-corrected chi connectivity index (χ2v) is 8.11. The molecular formula is C23H18F3N5O3S. The standard InChI is InChI=1S/C23H18F3N5O3S/c24-23(25,26)15-4-1-3-14(9-15)20(33)21-30-18(11-31(21)7-2-8-32)17-6-5-16(10-27-17)29-22(34)19-12-35-13-28-19/h1,3-6,9-13,32H,2,7-8H2,(H,29,34). The highest BCUT2D eigenvalue weighted by atomic mass is 32.1. The lowest BCUT2D eigenvalue weighted by atomic mass is 10.1. The number of alkyl halides is 3. The van der Waals surface area contributed by atoms with Crippen molar-refractivity contribution in [2.24, 2.45) is 0 Å². The SMILES string of the molecule is O=C(Nc1ccc(-c2cn(CCCO)c(C(=O)c3cccc(C(F)(F)F)c3)n2)nc1)c1cscn1. The number of ketones is 1. The molecule has 35 heavy (non-hydrogen) atoms. The monoisotopic (exact) mass is 501 g/mol. The minimum atomic E-state index is -4.59. The molecule has 12 heteroatoms. The molecule has 4 rings (SSSR count). The molecule has 0 fully saturated rings. The minimum Gasteiger partial charge on any atom is -0.396 e. The summed E-state index contributed by atoms with van der Waals surface area (Å²) in [7, 11) is 0. The van der Waals surface area contributed by atoms with Gasteiger partial charge in [-0.1, -0.05) is 12.1 Å². The van der Waals surface area contributed by atoms with E-state index in [0.717, 1.165) is 18.2 Å². The number of anilines is 1. The highest BCUT2D eigenvalue weighted by Crippen LogP contribution is 2.30. The predicted molar refractivity (Wildman–Crippen MR) is 122 cm³/mol. The highest BCUT2D eigenvalue weighted by molar-refractivity contribution is 7.07. The summed E-state index contributed by atoms with van der Waals surface area (Å²) < 4.78 is 40.8. The van der Waals surface area contributed by atoms with E-state index in [0.29, 0.717) is 23.5 Å². The van der Waals surface area contributed by atoms with Crippen LogP contribution in [0.3, 0.4) is 0 Å². The van der Waals surface area contributed by atoms with E-state index in [9.17, 15) is 27.9 Å². The Hall–Kier alpha value is -3.90. The van der Waals surface area contributed by atoms with Crippen LogP contribution in [-0.2, 0) is 12.7 Å². The Bertz CT molecular complexity index is 1340. The summed E-state index contributed by atoms with van der Waals surface area (Å²) in [4.78, 5) is 37.7. The van der Waals surface area contributed by atoms with Crippen molar-refractivity contribution in [3.63, 3.8) is 0 Å². The minimum absolute atomic E-state index is 0.0736. The maximum Gasteiger partial charge on any atom is 0.416 e. The molecule has 3 heterocycles. The Morgan fingerprint density at radius 2 is 1.94 bits per heavy atom. The van der Waals surface area contributed by atoms with E-state index in [1.165, 1.54) is 28.2 Å². The highest BCUT2D eigenvalue weighted by Gasteiger charge is 2.31. The van der Waals surface area contributed by atoms with Gasteiger partial charge in [-0.05, 0) is 30.7 Å². The van der Waals surface area contributed by atoms with Crippen molar-refractivity contribution in [1.29, 1.82) is 0 Å². The molecule has 0 spiro atoms. The number of imidazole rings is 1. The normalized spacial score (nSPS) is 11.4. The Balaban J connectivity index is 1.61. The van der Waals surface area contributed by atoms with Crippen molar-refractivity contribution in [2.75, 3.05) is 11.9 Å². The number of nitrogens with one attached hydrogen (secondary N) is 1. The quantitative estimate of drug-likeness (QED) is 0.349. The van der Waals surface area contributed by atoms with Crippen LogP contribution in [0.2, 0.25) is 0 Å². The number of aliphatic hydroxyl groups excluding tert-OH is 1. The van der Waals surface area contributed by atoms with E-state index < -0.39 is 17.5 Å². The summed E-state index contributed by atoms with van der Waals surface area (Å²) in [5.41, 5.74) is 1.85. The molecule has 0 aliphatic rings. The Labute approximate surface area is 201 Å². The van der Waals surface area contributed by atoms with Gasteiger partial charge in [0.1, 0.15) is 11.4 Å². The summed E-state index contributed by atoms with van der Waals surface area (Å²) >= 11 is 1.29. The fraction of sp³-hybridized carbons (Fsp3) is 0.174. The Kier molecular flexibility index (Phi) is 7.03. The van der Waals surface area contributed by atoms with Crippen LogP contribution in [0, 0.1) is 0 Å². The third-order valence-corrected chi connectivity index (χ3v) is 5.52. The molecule has 0 saturated carbocycles. The molecule has 0 radical (unpaired) electrons. The summed E-state index contributed by atoms with van der Waals surface area (Å²) in [6, 6.07) is 7.32. The zero-order valence-corrected chi connectivity index (χ0v) is 18.8. The number of nitrogens with zero attached hydrogens (tertiary/aromatic N) is 4. The number of pyridine rings is 1. The molecule has 0 aliphatic heterocycles. The summed E-state index contributed by atoms with van der Waals surface area (Å²) in [5.74, 6) is -1.15. The van der Waals surface area contributed by atoms with Crippen molar-refractivity contribution in [1.82, 2.24) is 19.5 Å². The van der Waals surface area contributed by atoms with Crippen LogP contribution in [-0.4, -0.2) is 42.9 Å².